The minimum atomic E-state index is -0.521. The highest BCUT2D eigenvalue weighted by Gasteiger charge is 2.25. The molecule has 0 fully saturated rings. The summed E-state index contributed by atoms with van der Waals surface area (Å²) >= 11 is 0. The van der Waals surface area contributed by atoms with Gasteiger partial charge >= 0.3 is 0 Å². The second-order valence-electron chi connectivity index (χ2n) is 5.15. The van der Waals surface area contributed by atoms with Gasteiger partial charge < -0.3 is 20.8 Å². The molecule has 0 saturated carbocycles. The number of nitrogens with zero attached hydrogens (tertiary/aromatic N) is 1. The zero-order valence-electron chi connectivity index (χ0n) is 12.2. The van der Waals surface area contributed by atoms with Crippen LogP contribution < -0.4 is 21.3 Å². The average Bonchev–Trinajstić information content (AvgIpc) is 2.47. The molecule has 0 saturated heterocycles. The molecule has 0 atom stereocenters. The van der Waals surface area contributed by atoms with E-state index in [9.17, 15) is 4.79 Å². The first-order chi connectivity index (χ1) is 10.0. The number of nitrogens with one attached hydrogen (secondary N) is 2. The van der Waals surface area contributed by atoms with Crippen LogP contribution in [0.4, 0.5) is 5.82 Å². The van der Waals surface area contributed by atoms with Gasteiger partial charge in [0, 0.05) is 24.5 Å². The number of H-pyrrole nitrogens is 1. The Hall–Kier alpha value is -2.34. The van der Waals surface area contributed by atoms with Gasteiger partial charge in [-0.15, -0.1) is 0 Å². The molecule has 0 aliphatic rings. The van der Waals surface area contributed by atoms with Crippen LogP contribution in [0.2, 0.25) is 0 Å². The van der Waals surface area contributed by atoms with E-state index >= 15 is 0 Å². The molecule has 0 amide bonds. The predicted molar refractivity (Wildman–Crippen MR) is 82.5 cm³/mol. The van der Waals surface area contributed by atoms with Gasteiger partial charge in [-0.25, -0.2) is 4.98 Å². The average molecular weight is 288 g/mol. The van der Waals surface area contributed by atoms with Gasteiger partial charge in [0.2, 0.25) is 0 Å². The molecule has 2 aromatic rings. The Bertz CT molecular complexity index is 652. The number of aromatic amines is 1. The number of benzene rings is 1. The summed E-state index contributed by atoms with van der Waals surface area (Å²) in [6, 6.07) is 7.67. The van der Waals surface area contributed by atoms with Gasteiger partial charge in [-0.2, -0.15) is 0 Å². The van der Waals surface area contributed by atoms with Crippen LogP contribution in [0.25, 0.3) is 0 Å². The molecule has 0 aliphatic carbocycles. The molecule has 1 aromatic heterocycles. The maximum atomic E-state index is 11.8. The van der Waals surface area contributed by atoms with Crippen molar-refractivity contribution in [2.24, 2.45) is 5.73 Å². The molecule has 112 valence electrons. The Labute approximate surface area is 123 Å². The van der Waals surface area contributed by atoms with Gasteiger partial charge in [0.25, 0.3) is 5.56 Å². The normalized spacial score (nSPS) is 11.2. The number of para-hydroxylation sites is 1. The summed E-state index contributed by atoms with van der Waals surface area (Å²) in [4.78, 5) is 18.4. The van der Waals surface area contributed by atoms with Crippen LogP contribution in [0.5, 0.6) is 5.75 Å². The summed E-state index contributed by atoms with van der Waals surface area (Å²) in [7, 11) is 0. The van der Waals surface area contributed by atoms with Gasteiger partial charge in [-0.1, -0.05) is 18.2 Å². The van der Waals surface area contributed by atoms with Gasteiger partial charge in [0.1, 0.15) is 12.4 Å². The number of ether oxygens (including phenoxy) is 1. The predicted octanol–water partition coefficient (Wildman–Crippen LogP) is 1.45. The SMILES string of the molecule is CC(C)(Nc1ncc[nH]c1=O)c1ccccc1OCCN. The lowest BCUT2D eigenvalue weighted by atomic mass is 9.93. The van der Waals surface area contributed by atoms with Crippen molar-refractivity contribution in [1.29, 1.82) is 0 Å². The van der Waals surface area contributed by atoms with E-state index in [1.54, 1.807) is 0 Å². The van der Waals surface area contributed by atoms with Gasteiger partial charge in [-0.05, 0) is 19.9 Å². The monoisotopic (exact) mass is 288 g/mol. The van der Waals surface area contributed by atoms with Crippen molar-refractivity contribution in [3.8, 4) is 5.75 Å². The van der Waals surface area contributed by atoms with E-state index in [1.165, 1.54) is 12.4 Å². The molecule has 0 bridgehead atoms. The number of hydrogen-bond acceptors (Lipinski definition) is 5. The number of hydrogen-bond donors (Lipinski definition) is 3. The Balaban J connectivity index is 2.31. The van der Waals surface area contributed by atoms with Crippen molar-refractivity contribution in [1.82, 2.24) is 9.97 Å². The molecular formula is C15H20N4O2. The minimum Gasteiger partial charge on any atom is -0.492 e. The summed E-state index contributed by atoms with van der Waals surface area (Å²) in [6.07, 6.45) is 3.04. The second-order valence-corrected chi connectivity index (χ2v) is 5.15. The standard InChI is InChI=1S/C15H20N4O2/c1-15(2,19-13-14(20)18-9-8-17-13)11-5-3-4-6-12(11)21-10-7-16/h3-6,8-9H,7,10,16H2,1-2H3,(H,17,19)(H,18,20). The third-order valence-corrected chi connectivity index (χ3v) is 3.07. The van der Waals surface area contributed by atoms with Crippen molar-refractivity contribution >= 4 is 5.82 Å². The molecule has 0 aliphatic heterocycles. The van der Waals surface area contributed by atoms with E-state index in [0.29, 0.717) is 13.2 Å². The van der Waals surface area contributed by atoms with Crippen molar-refractivity contribution < 1.29 is 4.74 Å². The maximum Gasteiger partial charge on any atom is 0.290 e. The fraction of sp³-hybridized carbons (Fsp3) is 0.333. The number of rotatable bonds is 6. The lowest BCUT2D eigenvalue weighted by Crippen LogP contribution is -2.32. The lowest BCUT2D eigenvalue weighted by Gasteiger charge is -2.29. The van der Waals surface area contributed by atoms with E-state index in [2.05, 4.69) is 15.3 Å². The molecule has 1 heterocycles. The van der Waals surface area contributed by atoms with Gasteiger partial charge in [0.15, 0.2) is 5.82 Å². The van der Waals surface area contributed by atoms with Gasteiger partial charge in [0.05, 0.1) is 5.54 Å². The molecule has 2 rings (SSSR count). The zero-order valence-corrected chi connectivity index (χ0v) is 12.2. The highest BCUT2D eigenvalue weighted by molar-refractivity contribution is 5.45. The van der Waals surface area contributed by atoms with E-state index in [1.807, 2.05) is 38.1 Å². The van der Waals surface area contributed by atoms with E-state index in [4.69, 9.17) is 10.5 Å². The Kier molecular flexibility index (Phi) is 4.59. The van der Waals surface area contributed by atoms with Crippen LogP contribution in [0, 0.1) is 0 Å². The molecule has 0 unspecified atom stereocenters. The van der Waals surface area contributed by atoms with E-state index in [-0.39, 0.29) is 11.4 Å². The minimum absolute atomic E-state index is 0.258. The lowest BCUT2D eigenvalue weighted by molar-refractivity contribution is 0.319. The fourth-order valence-corrected chi connectivity index (χ4v) is 2.08. The Morgan fingerprint density at radius 3 is 2.86 bits per heavy atom. The fourth-order valence-electron chi connectivity index (χ4n) is 2.08. The molecular weight excluding hydrogens is 268 g/mol. The summed E-state index contributed by atoms with van der Waals surface area (Å²) < 4.78 is 5.67. The summed E-state index contributed by atoms with van der Waals surface area (Å²) in [5, 5.41) is 3.15. The first-order valence-electron chi connectivity index (χ1n) is 6.79. The highest BCUT2D eigenvalue weighted by Crippen LogP contribution is 2.31. The van der Waals surface area contributed by atoms with E-state index in [0.717, 1.165) is 11.3 Å². The summed E-state index contributed by atoms with van der Waals surface area (Å²) in [5.74, 6) is 1.02. The van der Waals surface area contributed by atoms with Crippen LogP contribution in [-0.4, -0.2) is 23.1 Å². The van der Waals surface area contributed by atoms with Crippen molar-refractivity contribution in [2.75, 3.05) is 18.5 Å². The largest absolute Gasteiger partial charge is 0.492 e. The first kappa shape index (κ1) is 15.1. The molecule has 4 N–H and O–H groups in total. The van der Waals surface area contributed by atoms with Crippen LogP contribution in [0.3, 0.4) is 0 Å². The smallest absolute Gasteiger partial charge is 0.290 e. The van der Waals surface area contributed by atoms with Crippen LogP contribution in [-0.2, 0) is 5.54 Å². The van der Waals surface area contributed by atoms with Crippen LogP contribution in [0.15, 0.2) is 41.5 Å². The quantitative estimate of drug-likeness (QED) is 0.748. The zero-order chi connectivity index (χ0) is 15.3. The van der Waals surface area contributed by atoms with Crippen LogP contribution >= 0.6 is 0 Å². The molecule has 0 radical (unpaired) electrons. The second kappa shape index (κ2) is 6.41. The number of nitrogens with two attached hydrogens (primary N) is 1. The van der Waals surface area contributed by atoms with Crippen molar-refractivity contribution in [3.63, 3.8) is 0 Å². The molecule has 6 heteroatoms. The molecule has 0 spiro atoms. The number of anilines is 1. The Morgan fingerprint density at radius 2 is 2.14 bits per heavy atom. The molecule has 1 aromatic carbocycles. The molecule has 6 nitrogen and oxygen atoms in total. The third-order valence-electron chi connectivity index (χ3n) is 3.07. The van der Waals surface area contributed by atoms with Crippen molar-refractivity contribution in [2.45, 2.75) is 19.4 Å². The Morgan fingerprint density at radius 1 is 1.38 bits per heavy atom. The van der Waals surface area contributed by atoms with E-state index < -0.39 is 5.54 Å². The topological polar surface area (TPSA) is 93.0 Å². The van der Waals surface area contributed by atoms with Crippen LogP contribution in [0.1, 0.15) is 19.4 Å². The maximum absolute atomic E-state index is 11.8. The van der Waals surface area contributed by atoms with Crippen molar-refractivity contribution in [3.05, 3.63) is 52.6 Å². The summed E-state index contributed by atoms with van der Waals surface area (Å²) in [6.45, 7) is 4.82. The third kappa shape index (κ3) is 3.61. The first-order valence-corrected chi connectivity index (χ1v) is 6.79. The highest BCUT2D eigenvalue weighted by atomic mass is 16.5. The molecule has 21 heavy (non-hydrogen) atoms. The van der Waals surface area contributed by atoms with Gasteiger partial charge in [-0.3, -0.25) is 4.79 Å². The summed E-state index contributed by atoms with van der Waals surface area (Å²) in [5.41, 5.74) is 5.64. The number of aromatic nitrogens is 2.